The fourth-order valence-corrected chi connectivity index (χ4v) is 2.68. The smallest absolute Gasteiger partial charge is 0.134 e. The van der Waals surface area contributed by atoms with Crippen LogP contribution in [0.1, 0.15) is 25.7 Å². The minimum absolute atomic E-state index is 0.0165. The van der Waals surface area contributed by atoms with Gasteiger partial charge in [0.2, 0.25) is 0 Å². The van der Waals surface area contributed by atoms with Crippen LogP contribution in [0.25, 0.3) is 0 Å². The van der Waals surface area contributed by atoms with Crippen LogP contribution in [-0.4, -0.2) is 30.3 Å². The fraction of sp³-hybridized carbons (Fsp3) is 0.727. The SMILES string of the molecule is C#C[C@@]12CCC(=O)CC1N(C)CC2. The van der Waals surface area contributed by atoms with Crippen LogP contribution in [0.4, 0.5) is 0 Å². The van der Waals surface area contributed by atoms with Crippen LogP contribution >= 0.6 is 0 Å². The van der Waals surface area contributed by atoms with Gasteiger partial charge in [0.25, 0.3) is 0 Å². The van der Waals surface area contributed by atoms with Gasteiger partial charge in [0.05, 0.1) is 0 Å². The molecule has 1 saturated heterocycles. The Balaban J connectivity index is 2.27. The maximum absolute atomic E-state index is 11.3. The summed E-state index contributed by atoms with van der Waals surface area (Å²) in [4.78, 5) is 13.6. The van der Waals surface area contributed by atoms with Gasteiger partial charge in [-0.25, -0.2) is 0 Å². The Morgan fingerprint density at radius 2 is 2.38 bits per heavy atom. The number of fused-ring (bicyclic) bond motifs is 1. The van der Waals surface area contributed by atoms with E-state index in [4.69, 9.17) is 6.42 Å². The van der Waals surface area contributed by atoms with Crippen LogP contribution in [-0.2, 0) is 4.79 Å². The molecule has 1 saturated carbocycles. The first-order valence-corrected chi connectivity index (χ1v) is 4.88. The molecule has 0 N–H and O–H groups in total. The predicted molar refractivity (Wildman–Crippen MR) is 51.2 cm³/mol. The van der Waals surface area contributed by atoms with Gasteiger partial charge < -0.3 is 4.90 Å². The standard InChI is InChI=1S/C11H15NO/c1-3-11-5-4-9(13)8-10(11)12(2)7-6-11/h1,10H,4-8H2,2H3/t10?,11-/m0/s1. The van der Waals surface area contributed by atoms with Crippen molar-refractivity contribution in [3.63, 3.8) is 0 Å². The normalized spacial score (nSPS) is 40.0. The van der Waals surface area contributed by atoms with Gasteiger partial charge in [0.15, 0.2) is 0 Å². The number of ketones is 1. The van der Waals surface area contributed by atoms with Crippen LogP contribution in [0, 0.1) is 17.8 Å². The molecule has 2 aliphatic rings. The topological polar surface area (TPSA) is 20.3 Å². The second-order valence-electron chi connectivity index (χ2n) is 4.29. The van der Waals surface area contributed by atoms with Crippen LogP contribution < -0.4 is 0 Å². The summed E-state index contributed by atoms with van der Waals surface area (Å²) in [5.74, 6) is 3.32. The zero-order chi connectivity index (χ0) is 9.47. The zero-order valence-electron chi connectivity index (χ0n) is 8.05. The van der Waals surface area contributed by atoms with Crippen LogP contribution in [0.2, 0.25) is 0 Å². The Kier molecular flexibility index (Phi) is 1.92. The molecular formula is C11H15NO. The number of likely N-dealkylation sites (tertiary alicyclic amines) is 1. The lowest BCUT2D eigenvalue weighted by atomic mass is 9.71. The van der Waals surface area contributed by atoms with E-state index in [0.717, 1.165) is 19.4 Å². The number of terminal acetylenes is 1. The molecule has 1 aliphatic carbocycles. The summed E-state index contributed by atoms with van der Waals surface area (Å²) in [5.41, 5.74) is 0.0165. The van der Waals surface area contributed by atoms with Crippen molar-refractivity contribution in [2.75, 3.05) is 13.6 Å². The van der Waals surface area contributed by atoms with E-state index in [-0.39, 0.29) is 5.41 Å². The summed E-state index contributed by atoms with van der Waals surface area (Å²) in [6.07, 6.45) is 8.92. The average Bonchev–Trinajstić information content (AvgIpc) is 2.46. The third-order valence-corrected chi connectivity index (χ3v) is 3.64. The highest BCUT2D eigenvalue weighted by Crippen LogP contribution is 2.44. The van der Waals surface area contributed by atoms with Crippen LogP contribution in [0.5, 0.6) is 0 Å². The highest BCUT2D eigenvalue weighted by Gasteiger charge is 2.47. The molecule has 2 rings (SSSR count). The van der Waals surface area contributed by atoms with E-state index in [1.165, 1.54) is 0 Å². The van der Waals surface area contributed by atoms with E-state index in [2.05, 4.69) is 17.9 Å². The first-order chi connectivity index (χ1) is 6.18. The number of nitrogens with zero attached hydrogens (tertiary/aromatic N) is 1. The summed E-state index contributed by atoms with van der Waals surface area (Å²) in [6, 6.07) is 0.318. The molecule has 1 unspecified atom stereocenters. The van der Waals surface area contributed by atoms with Gasteiger partial charge in [-0.2, -0.15) is 0 Å². The molecule has 2 heteroatoms. The Bertz CT molecular complexity index is 278. The molecule has 0 radical (unpaired) electrons. The monoisotopic (exact) mass is 177 g/mol. The summed E-state index contributed by atoms with van der Waals surface area (Å²) in [5, 5.41) is 0. The molecule has 2 nitrogen and oxygen atoms in total. The van der Waals surface area contributed by atoms with E-state index >= 15 is 0 Å². The molecule has 0 aromatic rings. The molecule has 1 heterocycles. The van der Waals surface area contributed by atoms with Crippen molar-refractivity contribution >= 4 is 5.78 Å². The minimum Gasteiger partial charge on any atom is -0.301 e. The molecule has 0 amide bonds. The van der Waals surface area contributed by atoms with Gasteiger partial charge in [-0.1, -0.05) is 5.92 Å². The van der Waals surface area contributed by atoms with Crippen molar-refractivity contribution in [3.05, 3.63) is 0 Å². The third kappa shape index (κ3) is 1.19. The molecule has 0 bridgehead atoms. The number of hydrogen-bond donors (Lipinski definition) is 0. The van der Waals surface area contributed by atoms with Gasteiger partial charge in [0, 0.05) is 24.3 Å². The highest BCUT2D eigenvalue weighted by molar-refractivity contribution is 5.80. The lowest BCUT2D eigenvalue weighted by molar-refractivity contribution is -0.123. The number of carbonyl (C=O) groups is 1. The van der Waals surface area contributed by atoms with Gasteiger partial charge in [-0.05, 0) is 26.4 Å². The second kappa shape index (κ2) is 2.85. The molecular weight excluding hydrogens is 162 g/mol. The van der Waals surface area contributed by atoms with Crippen molar-refractivity contribution in [1.82, 2.24) is 4.90 Å². The van der Waals surface area contributed by atoms with Gasteiger partial charge >= 0.3 is 0 Å². The van der Waals surface area contributed by atoms with Crippen molar-refractivity contribution < 1.29 is 4.79 Å². The number of rotatable bonds is 0. The Hall–Kier alpha value is -0.810. The second-order valence-corrected chi connectivity index (χ2v) is 4.29. The largest absolute Gasteiger partial charge is 0.301 e. The average molecular weight is 177 g/mol. The quantitative estimate of drug-likeness (QED) is 0.516. The molecule has 0 spiro atoms. The molecule has 70 valence electrons. The number of carbonyl (C=O) groups excluding carboxylic acids is 1. The molecule has 13 heavy (non-hydrogen) atoms. The zero-order valence-corrected chi connectivity index (χ0v) is 8.05. The van der Waals surface area contributed by atoms with Crippen LogP contribution in [0.15, 0.2) is 0 Å². The van der Waals surface area contributed by atoms with Crippen molar-refractivity contribution in [2.24, 2.45) is 5.41 Å². The van der Waals surface area contributed by atoms with E-state index < -0.39 is 0 Å². The van der Waals surface area contributed by atoms with Crippen molar-refractivity contribution in [3.8, 4) is 12.3 Å². The van der Waals surface area contributed by atoms with E-state index in [0.29, 0.717) is 24.7 Å². The number of Topliss-reactive ketones (excluding diaryl/α,β-unsaturated/α-hetero) is 1. The molecule has 2 fully saturated rings. The fourth-order valence-electron chi connectivity index (χ4n) is 2.68. The lowest BCUT2D eigenvalue weighted by Crippen LogP contribution is -2.42. The molecule has 0 aromatic heterocycles. The Labute approximate surface area is 79.3 Å². The van der Waals surface area contributed by atoms with Gasteiger partial charge in [-0.15, -0.1) is 6.42 Å². The van der Waals surface area contributed by atoms with Crippen molar-refractivity contribution in [2.45, 2.75) is 31.7 Å². The number of hydrogen-bond acceptors (Lipinski definition) is 2. The maximum Gasteiger partial charge on any atom is 0.134 e. The predicted octanol–water partition coefficient (Wildman–Crippen LogP) is 1.06. The molecule has 1 aliphatic heterocycles. The Morgan fingerprint density at radius 1 is 1.62 bits per heavy atom. The first-order valence-electron chi connectivity index (χ1n) is 4.88. The molecule has 2 atom stereocenters. The van der Waals surface area contributed by atoms with Gasteiger partial charge in [0.1, 0.15) is 5.78 Å². The third-order valence-electron chi connectivity index (χ3n) is 3.64. The van der Waals surface area contributed by atoms with E-state index in [1.54, 1.807) is 0 Å². The summed E-state index contributed by atoms with van der Waals surface area (Å²) in [7, 11) is 2.07. The first kappa shape index (κ1) is 8.77. The Morgan fingerprint density at radius 3 is 3.08 bits per heavy atom. The lowest BCUT2D eigenvalue weighted by Gasteiger charge is -2.36. The van der Waals surface area contributed by atoms with Crippen LogP contribution in [0.3, 0.4) is 0 Å². The van der Waals surface area contributed by atoms with Gasteiger partial charge in [-0.3, -0.25) is 4.79 Å². The summed E-state index contributed by atoms with van der Waals surface area (Å²) < 4.78 is 0. The van der Waals surface area contributed by atoms with Crippen molar-refractivity contribution in [1.29, 1.82) is 0 Å². The summed E-state index contributed by atoms with van der Waals surface area (Å²) in [6.45, 7) is 1.04. The highest BCUT2D eigenvalue weighted by atomic mass is 16.1. The summed E-state index contributed by atoms with van der Waals surface area (Å²) >= 11 is 0. The van der Waals surface area contributed by atoms with E-state index in [1.807, 2.05) is 0 Å². The maximum atomic E-state index is 11.3. The van der Waals surface area contributed by atoms with E-state index in [9.17, 15) is 4.79 Å². The molecule has 0 aromatic carbocycles. The minimum atomic E-state index is 0.0165.